The Balaban J connectivity index is 2.31. The molecule has 8 heteroatoms. The van der Waals surface area contributed by atoms with Crippen molar-refractivity contribution in [2.24, 2.45) is 0 Å². The third-order valence-corrected chi connectivity index (χ3v) is 5.84. The Morgan fingerprint density at radius 1 is 1.24 bits per heavy atom. The van der Waals surface area contributed by atoms with Crippen LogP contribution in [0.3, 0.4) is 0 Å². The molecular weight excluding hydrogens is 300 g/mol. The smallest absolute Gasteiger partial charge is 0.246 e. The maximum absolute atomic E-state index is 13.8. The second-order valence-corrected chi connectivity index (χ2v) is 7.33. The average Bonchev–Trinajstić information content (AvgIpc) is 2.42. The predicted octanol–water partition coefficient (Wildman–Crippen LogP) is 1.26. The first kappa shape index (κ1) is 16.1. The molecule has 1 heterocycles. The van der Waals surface area contributed by atoms with Crippen LogP contribution in [0.2, 0.25) is 0 Å². The Labute approximate surface area is 123 Å². The molecule has 1 fully saturated rings. The zero-order chi connectivity index (χ0) is 15.8. The van der Waals surface area contributed by atoms with Gasteiger partial charge in [-0.05, 0) is 39.0 Å². The summed E-state index contributed by atoms with van der Waals surface area (Å²) in [7, 11) is -0.649. The maximum Gasteiger partial charge on any atom is 0.246 e. The van der Waals surface area contributed by atoms with Crippen LogP contribution in [0, 0.1) is 11.6 Å². The van der Waals surface area contributed by atoms with E-state index in [0.29, 0.717) is 18.9 Å². The van der Waals surface area contributed by atoms with Gasteiger partial charge in [-0.25, -0.2) is 17.2 Å². The van der Waals surface area contributed by atoms with Crippen LogP contribution in [0.15, 0.2) is 17.0 Å². The van der Waals surface area contributed by atoms with Gasteiger partial charge in [0.2, 0.25) is 10.0 Å². The molecule has 0 unspecified atom stereocenters. The van der Waals surface area contributed by atoms with Crippen molar-refractivity contribution < 1.29 is 17.2 Å². The molecule has 5 nitrogen and oxygen atoms in total. The van der Waals surface area contributed by atoms with E-state index in [-0.39, 0.29) is 11.7 Å². The van der Waals surface area contributed by atoms with Gasteiger partial charge < -0.3 is 10.6 Å². The minimum atomic E-state index is -4.03. The maximum atomic E-state index is 13.8. The van der Waals surface area contributed by atoms with Crippen molar-refractivity contribution in [1.82, 2.24) is 9.21 Å². The Morgan fingerprint density at radius 2 is 1.81 bits per heavy atom. The molecule has 0 amide bonds. The summed E-state index contributed by atoms with van der Waals surface area (Å²) in [6.07, 6.45) is 1.34. The topological polar surface area (TPSA) is 66.6 Å². The number of nitrogens with two attached hydrogens (primary N) is 1. The van der Waals surface area contributed by atoms with Crippen LogP contribution < -0.4 is 5.73 Å². The van der Waals surface area contributed by atoms with E-state index in [1.54, 1.807) is 0 Å². The molecule has 1 aromatic carbocycles. The molecule has 21 heavy (non-hydrogen) atoms. The van der Waals surface area contributed by atoms with Gasteiger partial charge in [-0.15, -0.1) is 0 Å². The van der Waals surface area contributed by atoms with Gasteiger partial charge in [0.25, 0.3) is 0 Å². The quantitative estimate of drug-likeness (QED) is 0.852. The van der Waals surface area contributed by atoms with Crippen molar-refractivity contribution in [1.29, 1.82) is 0 Å². The molecule has 0 saturated carbocycles. The average molecular weight is 319 g/mol. The van der Waals surface area contributed by atoms with Gasteiger partial charge >= 0.3 is 0 Å². The van der Waals surface area contributed by atoms with E-state index < -0.39 is 26.6 Å². The molecule has 1 saturated heterocycles. The minimum absolute atomic E-state index is 0.197. The van der Waals surface area contributed by atoms with E-state index in [2.05, 4.69) is 4.90 Å². The molecule has 0 spiro atoms. The Morgan fingerprint density at radius 3 is 2.38 bits per heavy atom. The number of sulfonamides is 1. The Kier molecular flexibility index (Phi) is 4.50. The summed E-state index contributed by atoms with van der Waals surface area (Å²) in [5, 5.41) is 0. The second kappa shape index (κ2) is 5.86. The van der Waals surface area contributed by atoms with Crippen LogP contribution in [0.5, 0.6) is 0 Å². The summed E-state index contributed by atoms with van der Waals surface area (Å²) < 4.78 is 53.1. The number of piperidine rings is 1. The number of benzene rings is 1. The van der Waals surface area contributed by atoms with E-state index in [4.69, 9.17) is 5.73 Å². The van der Waals surface area contributed by atoms with Crippen LogP contribution >= 0.6 is 0 Å². The van der Waals surface area contributed by atoms with E-state index >= 15 is 0 Å². The zero-order valence-corrected chi connectivity index (χ0v) is 12.8. The van der Waals surface area contributed by atoms with E-state index in [9.17, 15) is 17.2 Å². The lowest BCUT2D eigenvalue weighted by Crippen LogP contribution is -2.44. The molecule has 1 aromatic rings. The SMILES string of the molecule is CN1CCC(N(C)S(=O)(=O)c2cc(N)c(F)cc2F)CC1. The largest absolute Gasteiger partial charge is 0.396 e. The number of nitrogen functional groups attached to an aromatic ring is 1. The lowest BCUT2D eigenvalue weighted by molar-refractivity contribution is 0.197. The van der Waals surface area contributed by atoms with Gasteiger partial charge in [-0.2, -0.15) is 4.31 Å². The highest BCUT2D eigenvalue weighted by molar-refractivity contribution is 7.89. The highest BCUT2D eigenvalue weighted by Gasteiger charge is 2.32. The highest BCUT2D eigenvalue weighted by atomic mass is 32.2. The highest BCUT2D eigenvalue weighted by Crippen LogP contribution is 2.26. The van der Waals surface area contributed by atoms with Gasteiger partial charge in [-0.1, -0.05) is 0 Å². The van der Waals surface area contributed by atoms with Crippen LogP contribution in [-0.4, -0.2) is 50.8 Å². The van der Waals surface area contributed by atoms with E-state index in [0.717, 1.165) is 23.5 Å². The van der Waals surface area contributed by atoms with Gasteiger partial charge in [0, 0.05) is 19.2 Å². The number of nitrogens with zero attached hydrogens (tertiary/aromatic N) is 2. The van der Waals surface area contributed by atoms with Crippen LogP contribution in [0.25, 0.3) is 0 Å². The molecular formula is C13H19F2N3O2S. The lowest BCUT2D eigenvalue weighted by atomic mass is 10.1. The molecule has 118 valence electrons. The molecule has 1 aliphatic rings. The molecule has 0 bridgehead atoms. The van der Waals surface area contributed by atoms with Gasteiger partial charge in [0.15, 0.2) is 0 Å². The third-order valence-electron chi connectivity index (χ3n) is 3.91. The summed E-state index contributed by atoms with van der Waals surface area (Å²) >= 11 is 0. The fourth-order valence-electron chi connectivity index (χ4n) is 2.45. The first-order chi connectivity index (χ1) is 9.73. The standard InChI is InChI=1S/C13H19F2N3O2S/c1-17-5-3-9(4-6-17)18(2)21(19,20)13-8-12(16)10(14)7-11(13)15/h7-9H,3-6,16H2,1-2H3. The fraction of sp³-hybridized carbons (Fsp3) is 0.538. The summed E-state index contributed by atoms with van der Waals surface area (Å²) in [6, 6.07) is 1.15. The monoisotopic (exact) mass is 319 g/mol. The van der Waals surface area contributed by atoms with Gasteiger partial charge in [-0.3, -0.25) is 0 Å². The lowest BCUT2D eigenvalue weighted by Gasteiger charge is -2.34. The molecule has 0 aromatic heterocycles. The Hall–Kier alpha value is -1.25. The van der Waals surface area contributed by atoms with Crippen molar-refractivity contribution in [2.75, 3.05) is 32.9 Å². The van der Waals surface area contributed by atoms with Crippen LogP contribution in [0.4, 0.5) is 14.5 Å². The van der Waals surface area contributed by atoms with Crippen molar-refractivity contribution in [2.45, 2.75) is 23.8 Å². The first-order valence-electron chi connectivity index (χ1n) is 6.64. The third kappa shape index (κ3) is 3.17. The van der Waals surface area contributed by atoms with Crippen LogP contribution in [0.1, 0.15) is 12.8 Å². The van der Waals surface area contributed by atoms with Crippen molar-refractivity contribution in [3.63, 3.8) is 0 Å². The molecule has 0 atom stereocenters. The molecule has 0 radical (unpaired) electrons. The zero-order valence-electron chi connectivity index (χ0n) is 12.0. The molecule has 0 aliphatic carbocycles. The molecule has 2 rings (SSSR count). The number of likely N-dealkylation sites (tertiary alicyclic amines) is 1. The number of hydrogen-bond acceptors (Lipinski definition) is 4. The number of hydrogen-bond donors (Lipinski definition) is 1. The summed E-state index contributed by atoms with van der Waals surface area (Å²) in [4.78, 5) is 1.52. The second-order valence-electron chi connectivity index (χ2n) is 5.36. The van der Waals surface area contributed by atoms with E-state index in [1.165, 1.54) is 7.05 Å². The number of halogens is 2. The molecule has 1 aliphatic heterocycles. The summed E-state index contributed by atoms with van der Waals surface area (Å²) in [5.41, 5.74) is 4.97. The normalized spacial score (nSPS) is 18.3. The molecule has 2 N–H and O–H groups in total. The minimum Gasteiger partial charge on any atom is -0.396 e. The predicted molar refractivity (Wildman–Crippen MR) is 76.2 cm³/mol. The van der Waals surface area contributed by atoms with Gasteiger partial charge in [0.1, 0.15) is 16.5 Å². The number of rotatable bonds is 3. The van der Waals surface area contributed by atoms with Gasteiger partial charge in [0.05, 0.1) is 5.69 Å². The Bertz CT molecular complexity index is 629. The van der Waals surface area contributed by atoms with Crippen molar-refractivity contribution in [3.8, 4) is 0 Å². The fourth-order valence-corrected chi connectivity index (χ4v) is 3.95. The number of anilines is 1. The summed E-state index contributed by atoms with van der Waals surface area (Å²) in [5.74, 6) is -2.09. The first-order valence-corrected chi connectivity index (χ1v) is 8.08. The summed E-state index contributed by atoms with van der Waals surface area (Å²) in [6.45, 7) is 1.55. The van der Waals surface area contributed by atoms with E-state index in [1.807, 2.05) is 7.05 Å². The van der Waals surface area contributed by atoms with Crippen LogP contribution in [-0.2, 0) is 10.0 Å². The van der Waals surface area contributed by atoms with Crippen molar-refractivity contribution in [3.05, 3.63) is 23.8 Å². The van der Waals surface area contributed by atoms with Crippen molar-refractivity contribution >= 4 is 15.7 Å².